The average Bonchev–Trinajstić information content (AvgIpc) is 2.94. The van der Waals surface area contributed by atoms with E-state index in [2.05, 4.69) is 22.4 Å². The molecular weight excluding hydrogens is 304 g/mol. The van der Waals surface area contributed by atoms with Crippen LogP contribution in [0.25, 0.3) is 11.1 Å². The van der Waals surface area contributed by atoms with Crippen molar-refractivity contribution in [3.05, 3.63) is 63.6 Å². The Bertz CT molecular complexity index is 968. The van der Waals surface area contributed by atoms with Crippen LogP contribution in [-0.4, -0.2) is 10.9 Å². The van der Waals surface area contributed by atoms with Crippen LogP contribution < -0.4 is 11.1 Å². The molecule has 1 aliphatic carbocycles. The van der Waals surface area contributed by atoms with Crippen molar-refractivity contribution in [2.24, 2.45) is 0 Å². The van der Waals surface area contributed by atoms with E-state index in [9.17, 15) is 9.59 Å². The highest BCUT2D eigenvalue weighted by atomic mass is 16.4. The molecule has 1 heterocycles. The normalized spacial score (nSPS) is 13.7. The maximum atomic E-state index is 12.3. The van der Waals surface area contributed by atoms with Crippen molar-refractivity contribution >= 4 is 22.7 Å². The molecule has 1 amide bonds. The molecule has 24 heavy (non-hydrogen) atoms. The molecule has 0 aliphatic heterocycles. The second-order valence-electron chi connectivity index (χ2n) is 6.26. The van der Waals surface area contributed by atoms with Crippen molar-refractivity contribution in [1.82, 2.24) is 4.98 Å². The van der Waals surface area contributed by atoms with Crippen LogP contribution >= 0.6 is 0 Å². The molecule has 0 saturated carbocycles. The summed E-state index contributed by atoms with van der Waals surface area (Å²) in [5, 5.41) is 2.87. The number of aryl methyl sites for hydroxylation is 2. The van der Waals surface area contributed by atoms with Crippen molar-refractivity contribution in [2.45, 2.75) is 32.1 Å². The van der Waals surface area contributed by atoms with Gasteiger partial charge in [-0.1, -0.05) is 18.2 Å². The Morgan fingerprint density at radius 2 is 1.92 bits per heavy atom. The first kappa shape index (κ1) is 14.8. The summed E-state index contributed by atoms with van der Waals surface area (Å²) >= 11 is 0. The largest absolute Gasteiger partial charge is 0.417 e. The Kier molecular flexibility index (Phi) is 3.69. The number of aromatic nitrogens is 1. The lowest BCUT2D eigenvalue weighted by Gasteiger charge is -2.16. The van der Waals surface area contributed by atoms with Crippen LogP contribution in [0.15, 0.2) is 45.6 Å². The lowest BCUT2D eigenvalue weighted by Crippen LogP contribution is -2.15. The van der Waals surface area contributed by atoms with Gasteiger partial charge in [0.1, 0.15) is 0 Å². The van der Waals surface area contributed by atoms with E-state index < -0.39 is 5.76 Å². The summed E-state index contributed by atoms with van der Waals surface area (Å²) in [7, 11) is 0. The van der Waals surface area contributed by atoms with Gasteiger partial charge >= 0.3 is 5.76 Å². The average molecular weight is 322 g/mol. The molecule has 1 aliphatic rings. The van der Waals surface area contributed by atoms with Crippen molar-refractivity contribution in [2.75, 3.05) is 5.32 Å². The summed E-state index contributed by atoms with van der Waals surface area (Å²) < 4.78 is 4.95. The molecule has 122 valence electrons. The highest BCUT2D eigenvalue weighted by Crippen LogP contribution is 2.23. The van der Waals surface area contributed by atoms with E-state index in [4.69, 9.17) is 4.42 Å². The highest BCUT2D eigenvalue weighted by Gasteiger charge is 2.11. The molecule has 0 saturated heterocycles. The zero-order valence-corrected chi connectivity index (χ0v) is 13.2. The van der Waals surface area contributed by atoms with Gasteiger partial charge in [-0.15, -0.1) is 0 Å². The molecule has 5 heteroatoms. The third-order valence-electron chi connectivity index (χ3n) is 4.48. The zero-order valence-electron chi connectivity index (χ0n) is 13.2. The quantitative estimate of drug-likeness (QED) is 0.777. The predicted molar refractivity (Wildman–Crippen MR) is 92.3 cm³/mol. The summed E-state index contributed by atoms with van der Waals surface area (Å²) in [6, 6.07) is 11.4. The maximum absolute atomic E-state index is 12.3. The van der Waals surface area contributed by atoms with E-state index in [1.54, 1.807) is 18.2 Å². The molecule has 0 atom stereocenters. The Balaban J connectivity index is 1.48. The van der Waals surface area contributed by atoms with Gasteiger partial charge in [0.15, 0.2) is 5.58 Å². The number of anilines is 1. The number of amides is 1. The molecule has 5 nitrogen and oxygen atoms in total. The summed E-state index contributed by atoms with van der Waals surface area (Å²) in [6.07, 6.45) is 5.07. The zero-order chi connectivity index (χ0) is 16.5. The summed E-state index contributed by atoms with van der Waals surface area (Å²) in [6.45, 7) is 0. The van der Waals surface area contributed by atoms with Crippen LogP contribution in [0.3, 0.4) is 0 Å². The molecule has 0 spiro atoms. The minimum Gasteiger partial charge on any atom is -0.408 e. The lowest BCUT2D eigenvalue weighted by atomic mass is 9.90. The Labute approximate surface area is 138 Å². The lowest BCUT2D eigenvalue weighted by molar-refractivity contribution is -0.115. The fourth-order valence-corrected chi connectivity index (χ4v) is 3.32. The first-order chi connectivity index (χ1) is 11.7. The number of fused-ring (bicyclic) bond motifs is 2. The molecule has 0 bridgehead atoms. The molecule has 0 fully saturated rings. The minimum absolute atomic E-state index is 0.0732. The minimum atomic E-state index is -0.498. The molecule has 2 N–H and O–H groups in total. The van der Waals surface area contributed by atoms with Gasteiger partial charge in [0.05, 0.1) is 11.9 Å². The van der Waals surface area contributed by atoms with Crippen molar-refractivity contribution in [3.63, 3.8) is 0 Å². The van der Waals surface area contributed by atoms with E-state index >= 15 is 0 Å². The first-order valence-corrected chi connectivity index (χ1v) is 8.21. The van der Waals surface area contributed by atoms with Crippen molar-refractivity contribution in [3.8, 4) is 0 Å². The summed E-state index contributed by atoms with van der Waals surface area (Å²) in [5.41, 5.74) is 5.52. The number of carbonyl (C=O) groups excluding carboxylic acids is 1. The van der Waals surface area contributed by atoms with Crippen LogP contribution in [0.1, 0.15) is 29.5 Å². The van der Waals surface area contributed by atoms with E-state index in [1.165, 1.54) is 24.0 Å². The van der Waals surface area contributed by atoms with Crippen molar-refractivity contribution < 1.29 is 9.21 Å². The molecule has 2 aromatic carbocycles. The van der Waals surface area contributed by atoms with E-state index in [0.29, 0.717) is 23.2 Å². The van der Waals surface area contributed by atoms with Gasteiger partial charge in [-0.2, -0.15) is 0 Å². The van der Waals surface area contributed by atoms with Gasteiger partial charge < -0.3 is 9.73 Å². The highest BCUT2D eigenvalue weighted by molar-refractivity contribution is 5.94. The first-order valence-electron chi connectivity index (χ1n) is 8.21. The van der Waals surface area contributed by atoms with Gasteiger partial charge in [-0.25, -0.2) is 4.79 Å². The van der Waals surface area contributed by atoms with E-state index in [0.717, 1.165) is 18.4 Å². The number of hydrogen-bond donors (Lipinski definition) is 2. The van der Waals surface area contributed by atoms with Gasteiger partial charge in [-0.05, 0) is 60.6 Å². The predicted octanol–water partition coefficient (Wildman–Crippen LogP) is 3.18. The van der Waals surface area contributed by atoms with Gasteiger partial charge in [-0.3, -0.25) is 9.78 Å². The van der Waals surface area contributed by atoms with Crippen LogP contribution in [0.4, 0.5) is 5.69 Å². The summed E-state index contributed by atoms with van der Waals surface area (Å²) in [4.78, 5) is 26.0. The van der Waals surface area contributed by atoms with Crippen LogP contribution in [0, 0.1) is 0 Å². The molecule has 0 radical (unpaired) electrons. The number of carbonyl (C=O) groups is 1. The van der Waals surface area contributed by atoms with Gasteiger partial charge in [0.25, 0.3) is 0 Å². The fraction of sp³-hybridized carbons (Fsp3) is 0.263. The molecule has 3 aromatic rings. The second-order valence-corrected chi connectivity index (χ2v) is 6.26. The standard InChI is InChI=1S/C19H18N2O3/c22-18(10-12-5-6-13-3-1-2-4-14(13)9-12)20-15-7-8-17-16(11-15)21-19(23)24-17/h5-9,11H,1-4,10H2,(H,20,22)(H,21,23). The van der Waals surface area contributed by atoms with Gasteiger partial charge in [0.2, 0.25) is 5.91 Å². The van der Waals surface area contributed by atoms with E-state index in [1.807, 2.05) is 6.07 Å². The number of aromatic amines is 1. The fourth-order valence-electron chi connectivity index (χ4n) is 3.32. The van der Waals surface area contributed by atoms with Crippen LogP contribution in [-0.2, 0) is 24.1 Å². The molecule has 4 rings (SSSR count). The number of rotatable bonds is 3. The second kappa shape index (κ2) is 6.00. The Hall–Kier alpha value is -2.82. The monoisotopic (exact) mass is 322 g/mol. The Morgan fingerprint density at radius 3 is 2.79 bits per heavy atom. The molecule has 0 unspecified atom stereocenters. The number of oxazole rings is 1. The van der Waals surface area contributed by atoms with Gasteiger partial charge in [0, 0.05) is 5.69 Å². The number of benzene rings is 2. The molecular formula is C19H18N2O3. The van der Waals surface area contributed by atoms with Crippen LogP contribution in [0.5, 0.6) is 0 Å². The topological polar surface area (TPSA) is 75.1 Å². The van der Waals surface area contributed by atoms with E-state index in [-0.39, 0.29) is 5.91 Å². The van der Waals surface area contributed by atoms with Crippen LogP contribution in [0.2, 0.25) is 0 Å². The summed E-state index contributed by atoms with van der Waals surface area (Å²) in [5.74, 6) is -0.571. The number of H-pyrrole nitrogens is 1. The Morgan fingerprint density at radius 1 is 1.08 bits per heavy atom. The number of nitrogens with one attached hydrogen (secondary N) is 2. The van der Waals surface area contributed by atoms with Crippen molar-refractivity contribution in [1.29, 1.82) is 0 Å². The smallest absolute Gasteiger partial charge is 0.408 e. The third-order valence-corrected chi connectivity index (χ3v) is 4.48. The molecule has 1 aromatic heterocycles. The SMILES string of the molecule is O=C(Cc1ccc2c(c1)CCCC2)Nc1ccc2oc(=O)[nH]c2c1. The number of hydrogen-bond acceptors (Lipinski definition) is 3. The maximum Gasteiger partial charge on any atom is 0.417 e. The third kappa shape index (κ3) is 2.97.